The van der Waals surface area contributed by atoms with E-state index in [1.54, 1.807) is 0 Å². The zero-order valence-electron chi connectivity index (χ0n) is 11.8. The number of benzene rings is 2. The van der Waals surface area contributed by atoms with Crippen LogP contribution in [0.2, 0.25) is 5.02 Å². The quantitative estimate of drug-likeness (QED) is 0.763. The van der Waals surface area contributed by atoms with Crippen molar-refractivity contribution in [3.63, 3.8) is 0 Å². The molecule has 0 radical (unpaired) electrons. The van der Waals surface area contributed by atoms with E-state index >= 15 is 0 Å². The van der Waals surface area contributed by atoms with Gasteiger partial charge < -0.3 is 5.32 Å². The molecule has 0 saturated carbocycles. The Bertz CT molecular complexity index is 566. The topological polar surface area (TPSA) is 12.0 Å². The molecular weight excluding hydrogens is 334 g/mol. The van der Waals surface area contributed by atoms with Gasteiger partial charge in [0.2, 0.25) is 0 Å². The molecule has 106 valence electrons. The minimum Gasteiger partial charge on any atom is -0.307 e. The van der Waals surface area contributed by atoms with Crippen molar-refractivity contribution in [3.05, 3.63) is 68.7 Å². The minimum absolute atomic E-state index is 0.177. The van der Waals surface area contributed by atoms with Crippen LogP contribution in [0.1, 0.15) is 36.6 Å². The Hall–Kier alpha value is -0.830. The van der Waals surface area contributed by atoms with Crippen molar-refractivity contribution in [2.45, 2.75) is 26.3 Å². The van der Waals surface area contributed by atoms with Gasteiger partial charge in [-0.15, -0.1) is 0 Å². The summed E-state index contributed by atoms with van der Waals surface area (Å²) in [6.07, 6.45) is 1.07. The summed E-state index contributed by atoms with van der Waals surface area (Å²) in [6.45, 7) is 5.20. The van der Waals surface area contributed by atoms with Crippen molar-refractivity contribution in [1.29, 1.82) is 0 Å². The summed E-state index contributed by atoms with van der Waals surface area (Å²) in [5, 5.41) is 4.27. The highest BCUT2D eigenvalue weighted by atomic mass is 79.9. The summed E-state index contributed by atoms with van der Waals surface area (Å²) >= 11 is 9.66. The maximum absolute atomic E-state index is 6.22. The number of rotatable bonds is 5. The highest BCUT2D eigenvalue weighted by Gasteiger charge is 2.14. The van der Waals surface area contributed by atoms with Gasteiger partial charge in [0.25, 0.3) is 0 Å². The van der Waals surface area contributed by atoms with Crippen molar-refractivity contribution in [1.82, 2.24) is 5.32 Å². The highest BCUT2D eigenvalue weighted by Crippen LogP contribution is 2.29. The fourth-order valence-corrected chi connectivity index (χ4v) is 2.71. The molecule has 0 heterocycles. The van der Waals surface area contributed by atoms with Crippen molar-refractivity contribution in [2.75, 3.05) is 6.54 Å². The van der Waals surface area contributed by atoms with Crippen LogP contribution < -0.4 is 5.32 Å². The van der Waals surface area contributed by atoms with E-state index in [0.717, 1.165) is 22.5 Å². The van der Waals surface area contributed by atoms with Gasteiger partial charge in [-0.05, 0) is 57.7 Å². The molecule has 1 nitrogen and oxygen atoms in total. The SMILES string of the molecule is CCNC(c1ccc(CC)cc1)c1ccc(Br)c(Cl)c1. The van der Waals surface area contributed by atoms with Crippen molar-refractivity contribution in [2.24, 2.45) is 0 Å². The number of halogens is 2. The smallest absolute Gasteiger partial charge is 0.0577 e. The van der Waals surface area contributed by atoms with Gasteiger partial charge in [-0.3, -0.25) is 0 Å². The lowest BCUT2D eigenvalue weighted by Crippen LogP contribution is -2.22. The highest BCUT2D eigenvalue weighted by molar-refractivity contribution is 9.10. The zero-order valence-corrected chi connectivity index (χ0v) is 14.1. The van der Waals surface area contributed by atoms with Crippen LogP contribution in [-0.4, -0.2) is 6.54 Å². The fourth-order valence-electron chi connectivity index (χ4n) is 2.27. The molecule has 0 fully saturated rings. The number of hydrogen-bond donors (Lipinski definition) is 1. The van der Waals surface area contributed by atoms with Gasteiger partial charge >= 0.3 is 0 Å². The molecule has 0 spiro atoms. The molecule has 0 amide bonds. The molecule has 0 aromatic heterocycles. The first kappa shape index (κ1) is 15.6. The third-order valence-corrected chi connectivity index (χ3v) is 4.64. The van der Waals surface area contributed by atoms with Gasteiger partial charge in [-0.1, -0.05) is 55.8 Å². The molecule has 1 N–H and O–H groups in total. The summed E-state index contributed by atoms with van der Waals surface area (Å²) in [7, 11) is 0. The molecule has 0 saturated heterocycles. The monoisotopic (exact) mass is 351 g/mol. The normalized spacial score (nSPS) is 12.4. The lowest BCUT2D eigenvalue weighted by molar-refractivity contribution is 0.630. The van der Waals surface area contributed by atoms with Gasteiger partial charge in [0.15, 0.2) is 0 Å². The van der Waals surface area contributed by atoms with Crippen molar-refractivity contribution in [3.8, 4) is 0 Å². The maximum atomic E-state index is 6.22. The molecule has 1 atom stereocenters. The molecule has 20 heavy (non-hydrogen) atoms. The van der Waals surface area contributed by atoms with E-state index in [4.69, 9.17) is 11.6 Å². The van der Waals surface area contributed by atoms with Gasteiger partial charge in [0.05, 0.1) is 11.1 Å². The second-order valence-electron chi connectivity index (χ2n) is 4.76. The number of aryl methyl sites for hydroxylation is 1. The predicted molar refractivity (Wildman–Crippen MR) is 90.5 cm³/mol. The first-order chi connectivity index (χ1) is 9.65. The Labute approximate surface area is 134 Å². The van der Waals surface area contributed by atoms with Crippen LogP contribution in [0.5, 0.6) is 0 Å². The third-order valence-electron chi connectivity index (χ3n) is 3.41. The molecule has 1 unspecified atom stereocenters. The van der Waals surface area contributed by atoms with Crippen LogP contribution in [0.25, 0.3) is 0 Å². The Balaban J connectivity index is 2.35. The van der Waals surface area contributed by atoms with Crippen molar-refractivity contribution >= 4 is 27.5 Å². The van der Waals surface area contributed by atoms with Gasteiger partial charge in [0, 0.05) is 4.47 Å². The Morgan fingerprint density at radius 3 is 2.25 bits per heavy atom. The molecule has 2 aromatic carbocycles. The second-order valence-corrected chi connectivity index (χ2v) is 6.02. The molecule has 0 aliphatic carbocycles. The van der Waals surface area contributed by atoms with Crippen LogP contribution in [0.4, 0.5) is 0 Å². The van der Waals surface area contributed by atoms with Gasteiger partial charge in [0.1, 0.15) is 0 Å². The second kappa shape index (κ2) is 7.26. The first-order valence-electron chi connectivity index (χ1n) is 6.92. The molecule has 3 heteroatoms. The zero-order chi connectivity index (χ0) is 14.5. The van der Waals surface area contributed by atoms with E-state index in [1.165, 1.54) is 16.7 Å². The number of nitrogens with one attached hydrogen (secondary N) is 1. The van der Waals surface area contributed by atoms with E-state index in [1.807, 2.05) is 12.1 Å². The van der Waals surface area contributed by atoms with E-state index in [0.29, 0.717) is 0 Å². The molecule has 0 aliphatic rings. The van der Waals surface area contributed by atoms with E-state index < -0.39 is 0 Å². The molecular formula is C17H19BrClN. The first-order valence-corrected chi connectivity index (χ1v) is 8.10. The van der Waals surface area contributed by atoms with E-state index in [2.05, 4.69) is 65.4 Å². The molecule has 2 aromatic rings. The van der Waals surface area contributed by atoms with Gasteiger partial charge in [-0.2, -0.15) is 0 Å². The Morgan fingerprint density at radius 1 is 1.05 bits per heavy atom. The molecule has 0 aliphatic heterocycles. The van der Waals surface area contributed by atoms with Crippen LogP contribution in [0, 0.1) is 0 Å². The average Bonchev–Trinajstić information content (AvgIpc) is 2.48. The lowest BCUT2D eigenvalue weighted by atomic mass is 9.97. The van der Waals surface area contributed by atoms with Crippen LogP contribution >= 0.6 is 27.5 Å². The molecule has 0 bridgehead atoms. The largest absolute Gasteiger partial charge is 0.307 e. The summed E-state index contributed by atoms with van der Waals surface area (Å²) in [5.74, 6) is 0. The van der Waals surface area contributed by atoms with E-state index in [-0.39, 0.29) is 6.04 Å². The molecule has 2 rings (SSSR count). The third kappa shape index (κ3) is 3.63. The predicted octanol–water partition coefficient (Wildman–Crippen LogP) is 5.36. The van der Waals surface area contributed by atoms with Crippen LogP contribution in [0.3, 0.4) is 0 Å². The summed E-state index contributed by atoms with van der Waals surface area (Å²) in [6, 6.07) is 15.1. The average molecular weight is 353 g/mol. The van der Waals surface area contributed by atoms with Crippen LogP contribution in [-0.2, 0) is 6.42 Å². The summed E-state index contributed by atoms with van der Waals surface area (Å²) in [4.78, 5) is 0. The minimum atomic E-state index is 0.177. The lowest BCUT2D eigenvalue weighted by Gasteiger charge is -2.20. The summed E-state index contributed by atoms with van der Waals surface area (Å²) < 4.78 is 0.930. The Kier molecular flexibility index (Phi) is 5.64. The summed E-state index contributed by atoms with van der Waals surface area (Å²) in [5.41, 5.74) is 3.81. The van der Waals surface area contributed by atoms with Gasteiger partial charge in [-0.25, -0.2) is 0 Å². The number of hydrogen-bond acceptors (Lipinski definition) is 1. The Morgan fingerprint density at radius 2 is 1.70 bits per heavy atom. The van der Waals surface area contributed by atoms with E-state index in [9.17, 15) is 0 Å². The van der Waals surface area contributed by atoms with Crippen molar-refractivity contribution < 1.29 is 0 Å². The standard InChI is InChI=1S/C17H19BrClN/c1-3-12-5-7-13(8-6-12)17(20-4-2)14-9-10-15(18)16(19)11-14/h5-11,17,20H,3-4H2,1-2H3. The maximum Gasteiger partial charge on any atom is 0.0577 e. The van der Waals surface area contributed by atoms with Crippen LogP contribution in [0.15, 0.2) is 46.9 Å². The fraction of sp³-hybridized carbons (Fsp3) is 0.294.